The van der Waals surface area contributed by atoms with Crippen molar-refractivity contribution in [2.24, 2.45) is 5.92 Å². The molecule has 24 heavy (non-hydrogen) atoms. The summed E-state index contributed by atoms with van der Waals surface area (Å²) in [6.45, 7) is 5.48. The maximum Gasteiger partial charge on any atom is 0.183 e. The molecule has 6 nitrogen and oxygen atoms in total. The van der Waals surface area contributed by atoms with Crippen molar-refractivity contribution < 1.29 is 14.6 Å². The van der Waals surface area contributed by atoms with E-state index in [0.717, 1.165) is 23.9 Å². The Hall–Kier alpha value is -0.950. The van der Waals surface area contributed by atoms with Crippen LogP contribution in [0, 0.1) is 19.8 Å². The van der Waals surface area contributed by atoms with Gasteiger partial charge in [-0.2, -0.15) is 5.10 Å². The van der Waals surface area contributed by atoms with Crippen LogP contribution in [-0.2, 0) is 9.47 Å². The van der Waals surface area contributed by atoms with Gasteiger partial charge in [0.25, 0.3) is 0 Å². The SMILES string of the molecule is Cc1cc(C)n(C2C3OCC(O3)C(NCC3CCCCC3)C2O)n1. The van der Waals surface area contributed by atoms with Crippen molar-refractivity contribution in [3.63, 3.8) is 0 Å². The van der Waals surface area contributed by atoms with E-state index in [1.165, 1.54) is 32.1 Å². The summed E-state index contributed by atoms with van der Waals surface area (Å²) in [7, 11) is 0. The van der Waals surface area contributed by atoms with Crippen molar-refractivity contribution >= 4 is 0 Å². The molecule has 2 bridgehead atoms. The lowest BCUT2D eigenvalue weighted by Gasteiger charge is -2.40. The molecule has 3 aliphatic rings. The fourth-order valence-corrected chi connectivity index (χ4v) is 4.56. The Labute approximate surface area is 143 Å². The summed E-state index contributed by atoms with van der Waals surface area (Å²) in [5, 5.41) is 19.2. The molecule has 1 aromatic heterocycles. The van der Waals surface area contributed by atoms with Crippen LogP contribution in [0.3, 0.4) is 0 Å². The van der Waals surface area contributed by atoms with E-state index in [9.17, 15) is 5.11 Å². The van der Waals surface area contributed by atoms with Crippen LogP contribution in [-0.4, -0.2) is 52.6 Å². The number of ether oxygens (including phenoxy) is 2. The first kappa shape index (κ1) is 16.5. The molecule has 2 saturated heterocycles. The summed E-state index contributed by atoms with van der Waals surface area (Å²) in [5.74, 6) is 0.720. The van der Waals surface area contributed by atoms with Gasteiger partial charge in [0.05, 0.1) is 24.4 Å². The van der Waals surface area contributed by atoms with E-state index < -0.39 is 12.4 Å². The van der Waals surface area contributed by atoms with Gasteiger partial charge in [-0.25, -0.2) is 0 Å². The maximum absolute atomic E-state index is 11.0. The van der Waals surface area contributed by atoms with Crippen molar-refractivity contribution in [3.05, 3.63) is 17.5 Å². The number of hydrogen-bond donors (Lipinski definition) is 2. The molecular weight excluding hydrogens is 306 g/mol. The number of fused-ring (bicyclic) bond motifs is 2. The van der Waals surface area contributed by atoms with E-state index in [1.807, 2.05) is 24.6 Å². The van der Waals surface area contributed by atoms with Gasteiger partial charge >= 0.3 is 0 Å². The molecule has 6 heteroatoms. The summed E-state index contributed by atoms with van der Waals surface area (Å²) in [6, 6.07) is 1.64. The number of hydrogen-bond acceptors (Lipinski definition) is 5. The van der Waals surface area contributed by atoms with Crippen molar-refractivity contribution in [1.29, 1.82) is 0 Å². The molecule has 5 unspecified atom stereocenters. The Morgan fingerprint density at radius 2 is 2.08 bits per heavy atom. The fourth-order valence-electron chi connectivity index (χ4n) is 4.56. The highest BCUT2D eigenvalue weighted by Gasteiger charge is 2.51. The zero-order valence-electron chi connectivity index (χ0n) is 14.6. The van der Waals surface area contributed by atoms with Crippen LogP contribution in [0.15, 0.2) is 6.07 Å². The van der Waals surface area contributed by atoms with Gasteiger partial charge in [-0.3, -0.25) is 4.68 Å². The molecule has 0 radical (unpaired) electrons. The molecule has 134 valence electrons. The van der Waals surface area contributed by atoms with Crippen LogP contribution in [0.2, 0.25) is 0 Å². The third kappa shape index (κ3) is 3.01. The minimum atomic E-state index is -0.558. The predicted octanol–water partition coefficient (Wildman–Crippen LogP) is 1.70. The summed E-state index contributed by atoms with van der Waals surface area (Å²) >= 11 is 0. The number of nitrogens with zero attached hydrogens (tertiary/aromatic N) is 2. The highest BCUT2D eigenvalue weighted by molar-refractivity contribution is 5.11. The lowest BCUT2D eigenvalue weighted by Crippen LogP contribution is -2.58. The summed E-state index contributed by atoms with van der Waals surface area (Å²) in [6.07, 6.45) is 5.58. The highest BCUT2D eigenvalue weighted by atomic mass is 16.7. The molecule has 1 aliphatic carbocycles. The number of aliphatic hydroxyl groups is 1. The first-order valence-electron chi connectivity index (χ1n) is 9.35. The Balaban J connectivity index is 1.49. The normalized spacial score (nSPS) is 37.0. The number of aliphatic hydroxyl groups excluding tert-OH is 1. The monoisotopic (exact) mass is 335 g/mol. The van der Waals surface area contributed by atoms with Gasteiger partial charge in [-0.05, 0) is 45.2 Å². The van der Waals surface area contributed by atoms with Crippen molar-refractivity contribution in [1.82, 2.24) is 15.1 Å². The number of aryl methyl sites for hydroxylation is 2. The maximum atomic E-state index is 11.0. The minimum Gasteiger partial charge on any atom is -0.389 e. The van der Waals surface area contributed by atoms with Gasteiger partial charge in [0.2, 0.25) is 0 Å². The molecule has 5 atom stereocenters. The standard InChI is InChI=1S/C18H29N3O3/c1-11-8-12(2)21(20-11)16-17(22)15(14-10-23-18(16)24-14)19-9-13-6-4-3-5-7-13/h8,13-19,22H,3-7,9-10H2,1-2H3. The van der Waals surface area contributed by atoms with Gasteiger partial charge in [0.15, 0.2) is 6.29 Å². The summed E-state index contributed by atoms with van der Waals surface area (Å²) < 4.78 is 13.7. The average molecular weight is 335 g/mol. The molecule has 0 amide bonds. The van der Waals surface area contributed by atoms with E-state index in [0.29, 0.717) is 6.61 Å². The summed E-state index contributed by atoms with van der Waals surface area (Å²) in [5.41, 5.74) is 1.98. The van der Waals surface area contributed by atoms with Gasteiger partial charge in [0.1, 0.15) is 12.1 Å². The van der Waals surface area contributed by atoms with E-state index in [1.54, 1.807) is 0 Å². The molecule has 4 rings (SSSR count). The second kappa shape index (κ2) is 6.75. The van der Waals surface area contributed by atoms with E-state index in [-0.39, 0.29) is 18.2 Å². The Morgan fingerprint density at radius 3 is 2.79 bits per heavy atom. The number of nitrogens with one attached hydrogen (secondary N) is 1. The average Bonchev–Trinajstić information content (AvgIpc) is 3.13. The minimum absolute atomic E-state index is 0.0678. The smallest absolute Gasteiger partial charge is 0.183 e. The molecule has 3 heterocycles. The molecule has 0 spiro atoms. The molecule has 1 aromatic rings. The number of aromatic nitrogens is 2. The molecular formula is C18H29N3O3. The van der Waals surface area contributed by atoms with E-state index in [2.05, 4.69) is 10.4 Å². The predicted molar refractivity (Wildman–Crippen MR) is 89.7 cm³/mol. The first-order chi connectivity index (χ1) is 11.6. The second-order valence-electron chi connectivity index (χ2n) is 7.67. The fraction of sp³-hybridized carbons (Fsp3) is 0.833. The third-order valence-electron chi connectivity index (χ3n) is 5.82. The van der Waals surface area contributed by atoms with Crippen LogP contribution in [0.4, 0.5) is 0 Å². The lowest BCUT2D eigenvalue weighted by atomic mass is 9.88. The van der Waals surface area contributed by atoms with Gasteiger partial charge < -0.3 is 19.9 Å². The topological polar surface area (TPSA) is 68.5 Å². The van der Waals surface area contributed by atoms with Crippen molar-refractivity contribution in [3.8, 4) is 0 Å². The Morgan fingerprint density at radius 1 is 1.29 bits per heavy atom. The summed E-state index contributed by atoms with van der Waals surface area (Å²) in [4.78, 5) is 0. The molecule has 2 N–H and O–H groups in total. The van der Waals surface area contributed by atoms with Crippen molar-refractivity contribution in [2.45, 2.75) is 76.5 Å². The van der Waals surface area contributed by atoms with Gasteiger partial charge in [0, 0.05) is 5.69 Å². The van der Waals surface area contributed by atoms with E-state index >= 15 is 0 Å². The third-order valence-corrected chi connectivity index (χ3v) is 5.82. The Kier molecular flexibility index (Phi) is 4.64. The quantitative estimate of drug-likeness (QED) is 0.876. The van der Waals surface area contributed by atoms with Crippen LogP contribution in [0.5, 0.6) is 0 Å². The molecule has 3 fully saturated rings. The molecule has 0 aromatic carbocycles. The Bertz CT molecular complexity index is 570. The van der Waals surface area contributed by atoms with Crippen LogP contribution in [0.1, 0.15) is 49.5 Å². The van der Waals surface area contributed by atoms with Crippen LogP contribution < -0.4 is 5.32 Å². The largest absolute Gasteiger partial charge is 0.389 e. The zero-order valence-corrected chi connectivity index (χ0v) is 14.6. The van der Waals surface area contributed by atoms with Gasteiger partial charge in [-0.1, -0.05) is 19.3 Å². The second-order valence-corrected chi connectivity index (χ2v) is 7.67. The van der Waals surface area contributed by atoms with Gasteiger partial charge in [-0.15, -0.1) is 0 Å². The highest BCUT2D eigenvalue weighted by Crippen LogP contribution is 2.36. The molecule has 1 saturated carbocycles. The van der Waals surface area contributed by atoms with Crippen LogP contribution in [0.25, 0.3) is 0 Å². The van der Waals surface area contributed by atoms with Crippen LogP contribution >= 0.6 is 0 Å². The first-order valence-corrected chi connectivity index (χ1v) is 9.35. The number of rotatable bonds is 4. The zero-order chi connectivity index (χ0) is 16.7. The van der Waals surface area contributed by atoms with E-state index in [4.69, 9.17) is 9.47 Å². The lowest BCUT2D eigenvalue weighted by molar-refractivity contribution is -0.168. The molecule has 2 aliphatic heterocycles. The van der Waals surface area contributed by atoms with Crippen molar-refractivity contribution in [2.75, 3.05) is 13.2 Å².